The van der Waals surface area contributed by atoms with Gasteiger partial charge in [-0.15, -0.1) is 7.92 Å². The van der Waals surface area contributed by atoms with Crippen LogP contribution in [0.3, 0.4) is 0 Å². The summed E-state index contributed by atoms with van der Waals surface area (Å²) in [6, 6.07) is 7.09. The molecule has 27 heavy (non-hydrogen) atoms. The third-order valence-corrected chi connectivity index (χ3v) is 7.26. The Morgan fingerprint density at radius 2 is 1.44 bits per heavy atom. The van der Waals surface area contributed by atoms with Crippen LogP contribution in [-0.4, -0.2) is 46.5 Å². The van der Waals surface area contributed by atoms with Gasteiger partial charge < -0.3 is 9.47 Å². The second-order valence-electron chi connectivity index (χ2n) is 6.65. The van der Waals surface area contributed by atoms with Gasteiger partial charge in [-0.3, -0.25) is 4.79 Å². The SMILES string of the molecule is CCCCP(CCCC)CCCC.[B]C(C(=O)OC)c1ccccc1OC. The number of hydrogen-bond acceptors (Lipinski definition) is 3. The number of hydrogen-bond donors (Lipinski definition) is 0. The van der Waals surface area contributed by atoms with Gasteiger partial charge in [0.15, 0.2) is 0 Å². The van der Waals surface area contributed by atoms with Gasteiger partial charge in [0.1, 0.15) is 5.75 Å². The predicted molar refractivity (Wildman–Crippen MR) is 120 cm³/mol. The van der Waals surface area contributed by atoms with Crippen LogP contribution in [0.25, 0.3) is 0 Å². The van der Waals surface area contributed by atoms with Gasteiger partial charge >= 0.3 is 5.97 Å². The Balaban J connectivity index is 0.000000503. The topological polar surface area (TPSA) is 35.5 Å². The smallest absolute Gasteiger partial charge is 0.304 e. The molecular weight excluding hydrogens is 354 g/mol. The van der Waals surface area contributed by atoms with Gasteiger partial charge in [0.25, 0.3) is 0 Å². The molecule has 1 unspecified atom stereocenters. The van der Waals surface area contributed by atoms with Crippen molar-refractivity contribution in [1.29, 1.82) is 0 Å². The molecular formula is C22H38BO3P. The van der Waals surface area contributed by atoms with E-state index in [1.165, 1.54) is 52.7 Å². The summed E-state index contributed by atoms with van der Waals surface area (Å²) in [5, 5.41) is 0. The van der Waals surface area contributed by atoms with Crippen LogP contribution >= 0.6 is 7.92 Å². The molecule has 0 aliphatic carbocycles. The number of rotatable bonds is 12. The van der Waals surface area contributed by atoms with Crippen molar-refractivity contribution < 1.29 is 14.3 Å². The summed E-state index contributed by atoms with van der Waals surface area (Å²) in [4.78, 5) is 11.2. The van der Waals surface area contributed by atoms with Crippen LogP contribution in [-0.2, 0) is 9.53 Å². The minimum atomic E-state index is -0.795. The number of carbonyl (C=O) groups excluding carboxylic acids is 1. The number of para-hydroxylation sites is 1. The molecule has 5 heteroatoms. The highest BCUT2D eigenvalue weighted by atomic mass is 31.1. The average Bonchev–Trinajstić information content (AvgIpc) is 2.72. The van der Waals surface area contributed by atoms with Crippen LogP contribution in [0.4, 0.5) is 0 Å². The van der Waals surface area contributed by atoms with Crippen molar-refractivity contribution in [2.45, 2.75) is 65.1 Å². The van der Waals surface area contributed by atoms with Gasteiger partial charge in [0.05, 0.1) is 22.1 Å². The average molecular weight is 392 g/mol. The molecule has 1 atom stereocenters. The van der Waals surface area contributed by atoms with Crippen molar-refractivity contribution in [3.63, 3.8) is 0 Å². The van der Waals surface area contributed by atoms with E-state index in [0.717, 1.165) is 0 Å². The normalized spacial score (nSPS) is 11.5. The lowest BCUT2D eigenvalue weighted by molar-refractivity contribution is -0.140. The molecule has 1 aromatic carbocycles. The van der Waals surface area contributed by atoms with Crippen molar-refractivity contribution in [3.8, 4) is 5.75 Å². The standard InChI is InChI=1S/C12H27P.C10H11BO3/c1-4-7-10-13(11-8-5-2)12-9-6-3;1-13-8-6-4-3-5-7(8)9(11)10(12)14-2/h4-12H2,1-3H3;3-6,9H,1-2H3. The van der Waals surface area contributed by atoms with Gasteiger partial charge in [-0.05, 0) is 49.4 Å². The van der Waals surface area contributed by atoms with Gasteiger partial charge in [-0.2, -0.15) is 0 Å². The van der Waals surface area contributed by atoms with E-state index in [1.807, 2.05) is 6.07 Å². The van der Waals surface area contributed by atoms with Crippen molar-refractivity contribution in [1.82, 2.24) is 0 Å². The molecule has 2 radical (unpaired) electrons. The Hall–Kier alpha value is -1.02. The lowest BCUT2D eigenvalue weighted by atomic mass is 9.80. The number of esters is 1. The summed E-state index contributed by atoms with van der Waals surface area (Å²) in [5.74, 6) is -0.684. The molecule has 0 heterocycles. The fourth-order valence-corrected chi connectivity index (χ4v) is 5.62. The van der Waals surface area contributed by atoms with E-state index in [1.54, 1.807) is 36.7 Å². The number of carbonyl (C=O) groups is 1. The largest absolute Gasteiger partial charge is 0.496 e. The minimum absolute atomic E-state index is 0.422. The summed E-state index contributed by atoms with van der Waals surface area (Å²) >= 11 is 0. The second-order valence-corrected chi connectivity index (χ2v) is 9.33. The zero-order valence-corrected chi connectivity index (χ0v) is 18.9. The zero-order valence-electron chi connectivity index (χ0n) is 18.0. The molecule has 1 rings (SSSR count). The molecule has 0 saturated carbocycles. The van der Waals surface area contributed by atoms with E-state index >= 15 is 0 Å². The van der Waals surface area contributed by atoms with E-state index in [-0.39, 0.29) is 0 Å². The molecule has 0 aliphatic rings. The maximum absolute atomic E-state index is 11.2. The van der Waals surface area contributed by atoms with Gasteiger partial charge in [0, 0.05) is 5.82 Å². The van der Waals surface area contributed by atoms with Crippen LogP contribution in [0.2, 0.25) is 0 Å². The molecule has 0 N–H and O–H groups in total. The molecule has 0 amide bonds. The molecule has 0 aromatic heterocycles. The number of unbranched alkanes of at least 4 members (excludes halogenated alkanes) is 3. The highest BCUT2D eigenvalue weighted by Gasteiger charge is 2.18. The molecule has 0 saturated heterocycles. The summed E-state index contributed by atoms with van der Waals surface area (Å²) < 4.78 is 9.62. The van der Waals surface area contributed by atoms with E-state index in [4.69, 9.17) is 12.6 Å². The second kappa shape index (κ2) is 17.1. The molecule has 152 valence electrons. The Morgan fingerprint density at radius 3 is 1.85 bits per heavy atom. The summed E-state index contributed by atoms with van der Waals surface area (Å²) in [6.45, 7) is 6.94. The van der Waals surface area contributed by atoms with Gasteiger partial charge in [0.2, 0.25) is 0 Å². The third-order valence-electron chi connectivity index (χ3n) is 4.41. The first kappa shape index (κ1) is 26.0. The lowest BCUT2D eigenvalue weighted by Gasteiger charge is -2.16. The fraction of sp³-hybridized carbons (Fsp3) is 0.682. The van der Waals surface area contributed by atoms with Crippen LogP contribution in [0.5, 0.6) is 5.75 Å². The van der Waals surface area contributed by atoms with E-state index in [0.29, 0.717) is 19.2 Å². The van der Waals surface area contributed by atoms with Crippen molar-refractivity contribution in [2.24, 2.45) is 0 Å². The van der Waals surface area contributed by atoms with Crippen molar-refractivity contribution in [2.75, 3.05) is 32.7 Å². The van der Waals surface area contributed by atoms with Crippen LogP contribution in [0.15, 0.2) is 24.3 Å². The highest BCUT2D eigenvalue weighted by Crippen LogP contribution is 2.38. The first-order chi connectivity index (χ1) is 13.0. The highest BCUT2D eigenvalue weighted by molar-refractivity contribution is 7.57. The van der Waals surface area contributed by atoms with E-state index < -0.39 is 11.8 Å². The molecule has 3 nitrogen and oxygen atoms in total. The monoisotopic (exact) mass is 392 g/mol. The van der Waals surface area contributed by atoms with E-state index in [2.05, 4.69) is 25.5 Å². The predicted octanol–water partition coefficient (Wildman–Crippen LogP) is 5.95. The van der Waals surface area contributed by atoms with Gasteiger partial charge in [-0.1, -0.05) is 58.2 Å². The molecule has 0 bridgehead atoms. The van der Waals surface area contributed by atoms with E-state index in [9.17, 15) is 4.79 Å². The fourth-order valence-electron chi connectivity index (χ4n) is 2.66. The summed E-state index contributed by atoms with van der Waals surface area (Å²) in [5.41, 5.74) is 0.627. The summed E-state index contributed by atoms with van der Waals surface area (Å²) in [6.07, 6.45) is 13.2. The Kier molecular flexibility index (Phi) is 16.5. The van der Waals surface area contributed by atoms with Gasteiger partial charge in [-0.25, -0.2) is 0 Å². The maximum atomic E-state index is 11.2. The summed E-state index contributed by atoms with van der Waals surface area (Å²) in [7, 11) is 8.93. The zero-order chi connectivity index (χ0) is 20.5. The molecule has 0 spiro atoms. The molecule has 0 aliphatic heterocycles. The van der Waals surface area contributed by atoms with Crippen molar-refractivity contribution >= 4 is 21.7 Å². The van der Waals surface area contributed by atoms with Crippen LogP contribution in [0, 0.1) is 0 Å². The Morgan fingerprint density at radius 1 is 0.963 bits per heavy atom. The first-order valence-electron chi connectivity index (χ1n) is 10.2. The quantitative estimate of drug-likeness (QED) is 0.251. The third kappa shape index (κ3) is 11.4. The number of methoxy groups -OCH3 is 2. The van der Waals surface area contributed by atoms with Crippen molar-refractivity contribution in [3.05, 3.63) is 29.8 Å². The maximum Gasteiger partial charge on any atom is 0.304 e. The lowest BCUT2D eigenvalue weighted by Crippen LogP contribution is -2.14. The van der Waals surface area contributed by atoms with Crippen LogP contribution < -0.4 is 4.74 Å². The number of ether oxygens (including phenoxy) is 2. The number of benzene rings is 1. The minimum Gasteiger partial charge on any atom is -0.496 e. The Bertz CT molecular complexity index is 477. The Labute approximate surface area is 169 Å². The molecule has 1 aromatic rings. The molecule has 0 fully saturated rings. The first-order valence-corrected chi connectivity index (χ1v) is 12.1. The van der Waals surface area contributed by atoms with Crippen LogP contribution in [0.1, 0.15) is 70.7 Å².